The molecule has 25 heavy (non-hydrogen) atoms. The number of rotatable bonds is 5. The molecule has 0 spiro atoms. The highest BCUT2D eigenvalue weighted by Crippen LogP contribution is 2.26. The van der Waals surface area contributed by atoms with Crippen molar-refractivity contribution in [1.82, 2.24) is 20.4 Å². The summed E-state index contributed by atoms with van der Waals surface area (Å²) in [5, 5.41) is 5.84. The predicted octanol–water partition coefficient (Wildman–Crippen LogP) is 0.993. The number of urea groups is 1. The molecule has 134 valence electrons. The van der Waals surface area contributed by atoms with Gasteiger partial charge in [0.1, 0.15) is 0 Å². The summed E-state index contributed by atoms with van der Waals surface area (Å²) < 4.78 is 0. The molecule has 7 nitrogen and oxygen atoms in total. The molecule has 3 rings (SSSR count). The molecule has 2 saturated heterocycles. The maximum atomic E-state index is 11.6. The van der Waals surface area contributed by atoms with Gasteiger partial charge in [0.25, 0.3) is 0 Å². The number of likely N-dealkylation sites (tertiary alicyclic amines) is 1. The third-order valence-corrected chi connectivity index (χ3v) is 4.62. The fourth-order valence-electron chi connectivity index (χ4n) is 3.31. The highest BCUT2D eigenvalue weighted by molar-refractivity contribution is 6.01. The monoisotopic (exact) mass is 343 g/mol. The first-order chi connectivity index (χ1) is 12.2. The van der Waals surface area contributed by atoms with Gasteiger partial charge < -0.3 is 15.5 Å². The van der Waals surface area contributed by atoms with Crippen LogP contribution in [0.4, 0.5) is 4.79 Å². The minimum atomic E-state index is -0.324. The van der Waals surface area contributed by atoms with Crippen LogP contribution in [0.25, 0.3) is 0 Å². The molecule has 2 aliphatic rings. The van der Waals surface area contributed by atoms with Crippen LogP contribution in [-0.4, -0.2) is 67.0 Å². The van der Waals surface area contributed by atoms with E-state index in [1.54, 1.807) is 0 Å². The lowest BCUT2D eigenvalue weighted by Gasteiger charge is -2.22. The molecule has 2 heterocycles. The van der Waals surface area contributed by atoms with Crippen molar-refractivity contribution in [3.05, 3.63) is 35.9 Å². The van der Waals surface area contributed by atoms with Gasteiger partial charge in [0, 0.05) is 25.6 Å². The van der Waals surface area contributed by atoms with Gasteiger partial charge in [0.15, 0.2) is 5.96 Å². The van der Waals surface area contributed by atoms with Crippen LogP contribution in [0.1, 0.15) is 24.8 Å². The molecular formula is C18H25N5O2. The van der Waals surface area contributed by atoms with E-state index in [1.165, 1.54) is 10.5 Å². The number of aliphatic imine (C=N–C) groups is 1. The average Bonchev–Trinajstić information content (AvgIpc) is 3.24. The first kappa shape index (κ1) is 17.3. The number of amides is 3. The van der Waals surface area contributed by atoms with Crippen LogP contribution < -0.4 is 10.6 Å². The molecule has 0 aliphatic carbocycles. The smallest absolute Gasteiger partial charge is 0.324 e. The van der Waals surface area contributed by atoms with Gasteiger partial charge in [-0.25, -0.2) is 4.79 Å². The summed E-state index contributed by atoms with van der Waals surface area (Å²) in [4.78, 5) is 31.3. The van der Waals surface area contributed by atoms with Gasteiger partial charge in [-0.3, -0.25) is 14.7 Å². The van der Waals surface area contributed by atoms with Crippen LogP contribution in [-0.2, 0) is 4.79 Å². The maximum absolute atomic E-state index is 11.6. The highest BCUT2D eigenvalue weighted by Gasteiger charge is 2.28. The molecule has 0 saturated carbocycles. The molecule has 2 N–H and O–H groups in total. The van der Waals surface area contributed by atoms with Crippen molar-refractivity contribution in [2.75, 3.05) is 39.3 Å². The van der Waals surface area contributed by atoms with Crippen LogP contribution in [0.2, 0.25) is 0 Å². The second-order valence-electron chi connectivity index (χ2n) is 6.28. The Hall–Kier alpha value is -2.57. The minimum absolute atomic E-state index is 0.0908. The topological polar surface area (TPSA) is 77.0 Å². The highest BCUT2D eigenvalue weighted by atomic mass is 16.2. The largest absolute Gasteiger partial charge is 0.357 e. The molecule has 7 heteroatoms. The van der Waals surface area contributed by atoms with Crippen molar-refractivity contribution in [2.45, 2.75) is 19.3 Å². The molecule has 2 aliphatic heterocycles. The summed E-state index contributed by atoms with van der Waals surface area (Å²) in [5.41, 5.74) is 1.36. The van der Waals surface area contributed by atoms with Crippen LogP contribution in [0.5, 0.6) is 0 Å². The number of benzene rings is 1. The second-order valence-corrected chi connectivity index (χ2v) is 6.28. The normalized spacial score (nSPS) is 21.0. The Labute approximate surface area is 148 Å². The van der Waals surface area contributed by atoms with E-state index in [2.05, 4.69) is 44.8 Å². The fourth-order valence-corrected chi connectivity index (χ4v) is 3.31. The third-order valence-electron chi connectivity index (χ3n) is 4.62. The van der Waals surface area contributed by atoms with Gasteiger partial charge in [-0.2, -0.15) is 0 Å². The lowest BCUT2D eigenvalue weighted by Crippen LogP contribution is -2.41. The minimum Gasteiger partial charge on any atom is -0.357 e. The van der Waals surface area contributed by atoms with Crippen molar-refractivity contribution in [3.63, 3.8) is 0 Å². The quantitative estimate of drug-likeness (QED) is 0.475. The van der Waals surface area contributed by atoms with E-state index >= 15 is 0 Å². The number of guanidine groups is 1. The Bertz CT molecular complexity index is 630. The van der Waals surface area contributed by atoms with Gasteiger partial charge in [-0.15, -0.1) is 0 Å². The SMILES string of the molecule is CCNC(=NCCN1C(=O)CNC1=O)N1CCC(c2ccccc2)C1. The van der Waals surface area contributed by atoms with E-state index in [1.807, 2.05) is 13.0 Å². The Morgan fingerprint density at radius 2 is 2.12 bits per heavy atom. The number of carbonyl (C=O) groups is 2. The maximum Gasteiger partial charge on any atom is 0.324 e. The van der Waals surface area contributed by atoms with Gasteiger partial charge in [-0.1, -0.05) is 30.3 Å². The molecule has 1 unspecified atom stereocenters. The third kappa shape index (κ3) is 4.10. The zero-order chi connectivity index (χ0) is 17.6. The van der Waals surface area contributed by atoms with E-state index in [0.29, 0.717) is 19.0 Å². The fraction of sp³-hybridized carbons (Fsp3) is 0.500. The van der Waals surface area contributed by atoms with Crippen molar-refractivity contribution in [3.8, 4) is 0 Å². The van der Waals surface area contributed by atoms with E-state index < -0.39 is 0 Å². The van der Waals surface area contributed by atoms with Crippen molar-refractivity contribution in [2.24, 2.45) is 4.99 Å². The van der Waals surface area contributed by atoms with Gasteiger partial charge in [-0.05, 0) is 18.9 Å². The van der Waals surface area contributed by atoms with E-state index in [4.69, 9.17) is 0 Å². The van der Waals surface area contributed by atoms with Crippen LogP contribution in [0, 0.1) is 0 Å². The summed E-state index contributed by atoms with van der Waals surface area (Å²) in [6.45, 7) is 5.52. The van der Waals surface area contributed by atoms with Crippen LogP contribution in [0.3, 0.4) is 0 Å². The Morgan fingerprint density at radius 3 is 2.80 bits per heavy atom. The summed E-state index contributed by atoms with van der Waals surface area (Å²) in [6.07, 6.45) is 1.10. The molecule has 0 bridgehead atoms. The average molecular weight is 343 g/mol. The summed E-state index contributed by atoms with van der Waals surface area (Å²) in [5.74, 6) is 1.18. The van der Waals surface area contributed by atoms with Crippen molar-refractivity contribution >= 4 is 17.9 Å². The van der Waals surface area contributed by atoms with Gasteiger partial charge in [0.2, 0.25) is 5.91 Å². The zero-order valence-electron chi connectivity index (χ0n) is 14.6. The van der Waals surface area contributed by atoms with Gasteiger partial charge in [0.05, 0.1) is 19.6 Å². The van der Waals surface area contributed by atoms with Gasteiger partial charge >= 0.3 is 6.03 Å². The summed E-state index contributed by atoms with van der Waals surface area (Å²) in [7, 11) is 0. The zero-order valence-corrected chi connectivity index (χ0v) is 14.6. The molecule has 2 fully saturated rings. The number of nitrogens with zero attached hydrogens (tertiary/aromatic N) is 3. The van der Waals surface area contributed by atoms with Crippen LogP contribution >= 0.6 is 0 Å². The van der Waals surface area contributed by atoms with E-state index in [-0.39, 0.29) is 18.5 Å². The van der Waals surface area contributed by atoms with Crippen molar-refractivity contribution in [1.29, 1.82) is 0 Å². The van der Waals surface area contributed by atoms with Crippen LogP contribution in [0.15, 0.2) is 35.3 Å². The molecule has 3 amide bonds. The molecule has 0 radical (unpaired) electrons. The Kier molecular flexibility index (Phi) is 5.53. The predicted molar refractivity (Wildman–Crippen MR) is 96.5 cm³/mol. The standard InChI is InChI=1S/C18H25N5O2/c1-2-19-17(20-9-11-23-16(24)12-21-18(23)25)22-10-8-15(13-22)14-6-4-3-5-7-14/h3-7,15H,2,8-13H2,1H3,(H,19,20)(H,21,25). The number of hydrogen-bond acceptors (Lipinski definition) is 3. The molecule has 0 aromatic heterocycles. The number of nitrogens with one attached hydrogen (secondary N) is 2. The number of hydrogen-bond donors (Lipinski definition) is 2. The number of imide groups is 1. The molecule has 1 aromatic carbocycles. The van der Waals surface area contributed by atoms with E-state index in [9.17, 15) is 9.59 Å². The lowest BCUT2D eigenvalue weighted by molar-refractivity contribution is -0.124. The Balaban J connectivity index is 1.59. The van der Waals surface area contributed by atoms with Crippen molar-refractivity contribution < 1.29 is 9.59 Å². The summed E-state index contributed by atoms with van der Waals surface area (Å²) in [6, 6.07) is 10.2. The molecule has 1 atom stereocenters. The summed E-state index contributed by atoms with van der Waals surface area (Å²) >= 11 is 0. The Morgan fingerprint density at radius 1 is 1.32 bits per heavy atom. The first-order valence-corrected chi connectivity index (χ1v) is 8.85. The lowest BCUT2D eigenvalue weighted by atomic mass is 9.99. The molecular weight excluding hydrogens is 318 g/mol. The molecule has 1 aromatic rings. The first-order valence-electron chi connectivity index (χ1n) is 8.85. The number of carbonyl (C=O) groups excluding carboxylic acids is 2. The van der Waals surface area contributed by atoms with E-state index in [0.717, 1.165) is 32.0 Å². The second kappa shape index (κ2) is 8.00.